The molecule has 0 aliphatic carbocycles. The van der Waals surface area contributed by atoms with E-state index in [1.807, 2.05) is 24.4 Å². The molecule has 6 heteroatoms. The van der Waals surface area contributed by atoms with E-state index in [1.165, 1.54) is 19.1 Å². The number of nitrogens with zero attached hydrogens (tertiary/aromatic N) is 1. The molecule has 0 aliphatic rings. The molecule has 150 valence electrons. The highest BCUT2D eigenvalue weighted by Gasteiger charge is 2.19. The Hall–Kier alpha value is -2.60. The molecular formula is C22H30N4O2. The minimum atomic E-state index is -0.409. The van der Waals surface area contributed by atoms with E-state index in [4.69, 9.17) is 10.2 Å². The molecule has 1 aromatic carbocycles. The highest BCUT2D eigenvalue weighted by molar-refractivity contribution is 5.91. The van der Waals surface area contributed by atoms with E-state index in [2.05, 4.69) is 35.2 Å². The van der Waals surface area contributed by atoms with Gasteiger partial charge >= 0.3 is 0 Å². The summed E-state index contributed by atoms with van der Waals surface area (Å²) < 4.78 is 5.50. The van der Waals surface area contributed by atoms with Gasteiger partial charge in [-0.05, 0) is 30.4 Å². The van der Waals surface area contributed by atoms with Crippen LogP contribution in [0, 0.1) is 5.92 Å². The van der Waals surface area contributed by atoms with Gasteiger partial charge in [0.2, 0.25) is 5.89 Å². The van der Waals surface area contributed by atoms with Crippen LogP contribution in [0.2, 0.25) is 0 Å². The van der Waals surface area contributed by atoms with Gasteiger partial charge in [0.05, 0.1) is 6.04 Å². The number of benzene rings is 1. The monoisotopic (exact) mass is 382 g/mol. The summed E-state index contributed by atoms with van der Waals surface area (Å²) in [6.45, 7) is 5.01. The number of nitrogens with one attached hydrogen (secondary N) is 2. The van der Waals surface area contributed by atoms with Gasteiger partial charge in [0.15, 0.2) is 5.69 Å². The van der Waals surface area contributed by atoms with Crippen LogP contribution in [0.5, 0.6) is 0 Å². The lowest BCUT2D eigenvalue weighted by atomic mass is 9.99. The smallest absolute Gasteiger partial charge is 0.273 e. The summed E-state index contributed by atoms with van der Waals surface area (Å²) in [7, 11) is 0. The molecule has 3 aromatic rings. The first-order valence-electron chi connectivity index (χ1n) is 10.2. The minimum Gasteiger partial charge on any atom is -0.446 e. The van der Waals surface area contributed by atoms with Crippen LogP contribution in [0.4, 0.5) is 0 Å². The summed E-state index contributed by atoms with van der Waals surface area (Å²) in [5.41, 5.74) is 8.75. The Morgan fingerprint density at radius 1 is 1.32 bits per heavy atom. The summed E-state index contributed by atoms with van der Waals surface area (Å²) in [5.74, 6) is 0.678. The van der Waals surface area contributed by atoms with Gasteiger partial charge in [-0.1, -0.05) is 51.3 Å². The Morgan fingerprint density at radius 3 is 2.93 bits per heavy atom. The van der Waals surface area contributed by atoms with Crippen molar-refractivity contribution in [3.63, 3.8) is 0 Å². The van der Waals surface area contributed by atoms with Crippen LogP contribution in [0.15, 0.2) is 41.1 Å². The van der Waals surface area contributed by atoms with Gasteiger partial charge in [0.1, 0.15) is 6.26 Å². The number of H-pyrrole nitrogens is 1. The Balaban J connectivity index is 1.59. The summed E-state index contributed by atoms with van der Waals surface area (Å²) in [4.78, 5) is 20.0. The summed E-state index contributed by atoms with van der Waals surface area (Å²) in [6, 6.07) is 7.68. The molecule has 28 heavy (non-hydrogen) atoms. The van der Waals surface area contributed by atoms with Gasteiger partial charge in [-0.15, -0.1) is 0 Å². The number of aromatic amines is 1. The average Bonchev–Trinajstić information content (AvgIpc) is 3.36. The van der Waals surface area contributed by atoms with Gasteiger partial charge < -0.3 is 20.5 Å². The van der Waals surface area contributed by atoms with E-state index >= 15 is 0 Å². The number of carbonyl (C=O) groups is 1. The van der Waals surface area contributed by atoms with Crippen LogP contribution < -0.4 is 11.1 Å². The summed E-state index contributed by atoms with van der Waals surface area (Å²) >= 11 is 0. The number of aromatic nitrogens is 2. The molecule has 0 fully saturated rings. The van der Waals surface area contributed by atoms with Crippen LogP contribution in [0.3, 0.4) is 0 Å². The second-order valence-electron chi connectivity index (χ2n) is 7.37. The number of amides is 1. The van der Waals surface area contributed by atoms with Gasteiger partial charge in [0, 0.05) is 23.6 Å². The standard InChI is InChI=1S/C22H30N4O2/c1-3-5-8-15(4-2)12-25-21(27)20-14-28-22(26-20)18(23)11-16-13-24-19-10-7-6-9-17(16)19/h6-7,9-10,13-15,18,24H,3-5,8,11-12,23H2,1-2H3,(H,25,27). The van der Waals surface area contributed by atoms with Crippen LogP contribution in [0.1, 0.15) is 67.5 Å². The number of unbranched alkanes of at least 4 members (excludes halogenated alkanes) is 1. The van der Waals surface area contributed by atoms with Gasteiger partial charge in [-0.2, -0.15) is 0 Å². The molecule has 0 saturated heterocycles. The predicted molar refractivity (Wildman–Crippen MR) is 111 cm³/mol. The molecule has 6 nitrogen and oxygen atoms in total. The number of rotatable bonds is 10. The lowest BCUT2D eigenvalue weighted by molar-refractivity contribution is 0.0940. The maximum atomic E-state index is 12.4. The number of hydrogen-bond donors (Lipinski definition) is 3. The second-order valence-corrected chi connectivity index (χ2v) is 7.37. The predicted octanol–water partition coefficient (Wildman–Crippen LogP) is 4.34. The molecular weight excluding hydrogens is 352 g/mol. The molecule has 2 unspecified atom stereocenters. The molecule has 0 bridgehead atoms. The third-order valence-corrected chi connectivity index (χ3v) is 5.28. The Kier molecular flexibility index (Phi) is 6.87. The molecule has 0 spiro atoms. The summed E-state index contributed by atoms with van der Waals surface area (Å²) in [6.07, 6.45) is 8.48. The molecule has 1 amide bonds. The van der Waals surface area contributed by atoms with E-state index in [0.717, 1.165) is 29.3 Å². The fraction of sp³-hybridized carbons (Fsp3) is 0.455. The average molecular weight is 383 g/mol. The number of oxazole rings is 1. The number of nitrogens with two attached hydrogens (primary N) is 1. The van der Waals surface area contributed by atoms with Crippen molar-refractivity contribution < 1.29 is 9.21 Å². The number of carbonyl (C=O) groups excluding carboxylic acids is 1. The summed E-state index contributed by atoms with van der Waals surface area (Å²) in [5, 5.41) is 4.11. The second kappa shape index (κ2) is 9.55. The molecule has 0 aliphatic heterocycles. The van der Waals surface area contributed by atoms with Crippen molar-refractivity contribution in [2.75, 3.05) is 6.54 Å². The molecule has 0 saturated carbocycles. The lowest BCUT2D eigenvalue weighted by Crippen LogP contribution is -2.29. The molecule has 4 N–H and O–H groups in total. The van der Waals surface area contributed by atoms with Gasteiger partial charge in [-0.3, -0.25) is 4.79 Å². The first-order chi connectivity index (χ1) is 13.6. The number of para-hydroxylation sites is 1. The third kappa shape index (κ3) is 4.81. The highest BCUT2D eigenvalue weighted by atomic mass is 16.3. The zero-order chi connectivity index (χ0) is 19.9. The van der Waals surface area contributed by atoms with E-state index < -0.39 is 6.04 Å². The van der Waals surface area contributed by atoms with Crippen LogP contribution in [0.25, 0.3) is 10.9 Å². The van der Waals surface area contributed by atoms with Crippen molar-refractivity contribution in [2.24, 2.45) is 11.7 Å². The molecule has 3 rings (SSSR count). The van der Waals surface area contributed by atoms with Crippen molar-refractivity contribution >= 4 is 16.8 Å². The van der Waals surface area contributed by atoms with E-state index in [-0.39, 0.29) is 11.6 Å². The maximum absolute atomic E-state index is 12.4. The normalized spacial score (nSPS) is 13.5. The van der Waals surface area contributed by atoms with E-state index in [1.54, 1.807) is 0 Å². The topological polar surface area (TPSA) is 96.9 Å². The largest absolute Gasteiger partial charge is 0.446 e. The fourth-order valence-corrected chi connectivity index (χ4v) is 3.46. The number of hydrogen-bond acceptors (Lipinski definition) is 4. The fourth-order valence-electron chi connectivity index (χ4n) is 3.46. The minimum absolute atomic E-state index is 0.204. The molecule has 2 atom stereocenters. The lowest BCUT2D eigenvalue weighted by Gasteiger charge is -2.14. The maximum Gasteiger partial charge on any atom is 0.273 e. The van der Waals surface area contributed by atoms with Crippen molar-refractivity contribution in [3.05, 3.63) is 53.9 Å². The van der Waals surface area contributed by atoms with Crippen molar-refractivity contribution in [1.82, 2.24) is 15.3 Å². The van der Waals surface area contributed by atoms with Gasteiger partial charge in [-0.25, -0.2) is 4.98 Å². The zero-order valence-electron chi connectivity index (χ0n) is 16.7. The van der Waals surface area contributed by atoms with Crippen molar-refractivity contribution in [3.8, 4) is 0 Å². The first kappa shape index (κ1) is 20.1. The Morgan fingerprint density at radius 2 is 2.14 bits per heavy atom. The highest BCUT2D eigenvalue weighted by Crippen LogP contribution is 2.23. The van der Waals surface area contributed by atoms with E-state index in [9.17, 15) is 4.79 Å². The zero-order valence-corrected chi connectivity index (χ0v) is 16.7. The van der Waals surface area contributed by atoms with Gasteiger partial charge in [0.25, 0.3) is 5.91 Å². The van der Waals surface area contributed by atoms with Crippen LogP contribution in [-0.4, -0.2) is 22.4 Å². The third-order valence-electron chi connectivity index (χ3n) is 5.28. The van der Waals surface area contributed by atoms with Crippen LogP contribution >= 0.6 is 0 Å². The Bertz CT molecular complexity index is 899. The Labute approximate surface area is 165 Å². The van der Waals surface area contributed by atoms with E-state index in [0.29, 0.717) is 24.8 Å². The first-order valence-corrected chi connectivity index (χ1v) is 10.2. The van der Waals surface area contributed by atoms with Crippen molar-refractivity contribution in [1.29, 1.82) is 0 Å². The van der Waals surface area contributed by atoms with Crippen molar-refractivity contribution in [2.45, 2.75) is 52.0 Å². The SMILES string of the molecule is CCCCC(CC)CNC(=O)c1coc(C(N)Cc2c[nH]c3ccccc23)n1. The quantitative estimate of drug-likeness (QED) is 0.486. The molecule has 0 radical (unpaired) electrons. The molecule has 2 heterocycles. The van der Waals surface area contributed by atoms with Crippen LogP contribution in [-0.2, 0) is 6.42 Å². The number of fused-ring (bicyclic) bond motifs is 1. The molecule has 2 aromatic heterocycles.